The Hall–Kier alpha value is -4.45. The summed E-state index contributed by atoms with van der Waals surface area (Å²) in [5.74, 6) is 2.63. The molecule has 0 aliphatic carbocycles. The first-order valence-electron chi connectivity index (χ1n) is 13.1. The Morgan fingerprint density at radius 2 is 1.55 bits per heavy atom. The first-order chi connectivity index (χ1) is 19.9. The van der Waals surface area contributed by atoms with Gasteiger partial charge in [-0.25, -0.2) is 10.1 Å². The molecule has 1 aliphatic rings. The molecule has 14 heteroatoms. The molecule has 0 radical (unpaired) electrons. The van der Waals surface area contributed by atoms with Crippen LogP contribution in [0.2, 0.25) is 0 Å². The van der Waals surface area contributed by atoms with Crippen molar-refractivity contribution in [2.45, 2.75) is 32.1 Å². The zero-order valence-electron chi connectivity index (χ0n) is 23.1. The number of carbonyl (C=O) groups is 4. The molecule has 42 heavy (non-hydrogen) atoms. The number of nitrogens with one attached hydrogen (secondary N) is 3. The van der Waals surface area contributed by atoms with E-state index in [0.29, 0.717) is 11.3 Å². The second-order valence-corrected chi connectivity index (χ2v) is 11.5. The molecule has 2 aromatic carbocycles. The molecule has 224 valence electrons. The zero-order chi connectivity index (χ0) is 30.9. The predicted molar refractivity (Wildman–Crippen MR) is 153 cm³/mol. The van der Waals surface area contributed by atoms with Crippen LogP contribution in [0.5, 0.6) is 0 Å². The quantitative estimate of drug-likeness (QED) is 0.102. The van der Waals surface area contributed by atoms with Crippen LogP contribution < -0.4 is 26.6 Å². The fraction of sp³-hybridized carbons (Fsp3) is 0.357. The molecule has 5 amide bonds. The van der Waals surface area contributed by atoms with Gasteiger partial charge in [0.25, 0.3) is 0 Å². The Morgan fingerprint density at radius 3 is 2.24 bits per heavy atom. The summed E-state index contributed by atoms with van der Waals surface area (Å²) in [5.41, 5.74) is 8.11. The van der Waals surface area contributed by atoms with Gasteiger partial charge in [-0.1, -0.05) is 56.0 Å². The van der Waals surface area contributed by atoms with E-state index in [-0.39, 0.29) is 26.1 Å². The lowest BCUT2D eigenvalue weighted by Crippen LogP contribution is -2.50. The molecule has 2 aromatic rings. The number of para-hydroxylation sites is 1. The van der Waals surface area contributed by atoms with E-state index >= 15 is 0 Å². The van der Waals surface area contributed by atoms with Crippen LogP contribution in [0.25, 0.3) is 0 Å². The lowest BCUT2D eigenvalue weighted by Gasteiger charge is -2.26. The smallest absolute Gasteiger partial charge is 0.322 e. The lowest BCUT2D eigenvalue weighted by molar-refractivity contribution is -0.135. The summed E-state index contributed by atoms with van der Waals surface area (Å²) in [6.07, 6.45) is 0.112. The third-order valence-electron chi connectivity index (χ3n) is 6.66. The summed E-state index contributed by atoms with van der Waals surface area (Å²) in [5, 5.41) is 14.2. The minimum absolute atomic E-state index is 0.0717. The van der Waals surface area contributed by atoms with Gasteiger partial charge in [0, 0.05) is 42.6 Å². The second-order valence-electron chi connectivity index (χ2n) is 9.77. The Morgan fingerprint density at radius 1 is 0.929 bits per heavy atom. The highest BCUT2D eigenvalue weighted by atomic mass is 32.2. The predicted octanol–water partition coefficient (Wildman–Crippen LogP) is 0.684. The Bertz CT molecular complexity index is 1500. The van der Waals surface area contributed by atoms with Crippen LogP contribution in [-0.4, -0.2) is 62.3 Å². The number of carbonyl (C=O) groups excluding carboxylic acids is 4. The van der Waals surface area contributed by atoms with Crippen LogP contribution in [0.3, 0.4) is 0 Å². The molecule has 0 saturated carbocycles. The van der Waals surface area contributed by atoms with Crippen molar-refractivity contribution in [3.8, 4) is 11.8 Å². The Labute approximate surface area is 243 Å². The first kappa shape index (κ1) is 32.1. The fourth-order valence-corrected chi connectivity index (χ4v) is 4.97. The van der Waals surface area contributed by atoms with Crippen molar-refractivity contribution in [1.82, 2.24) is 16.0 Å². The lowest BCUT2D eigenvalue weighted by atomic mass is 9.96. The van der Waals surface area contributed by atoms with Crippen molar-refractivity contribution < 1.29 is 37.2 Å². The largest absolute Gasteiger partial charge is 0.369 e. The van der Waals surface area contributed by atoms with Gasteiger partial charge in [-0.05, 0) is 30.2 Å². The summed E-state index contributed by atoms with van der Waals surface area (Å²) in [7, 11) is -4.81. The molecule has 13 nitrogen and oxygen atoms in total. The molecular weight excluding hydrogens is 566 g/mol. The molecule has 3 rings (SSSR count). The summed E-state index contributed by atoms with van der Waals surface area (Å²) < 4.78 is 27.9. The van der Waals surface area contributed by atoms with Gasteiger partial charge in [-0.2, -0.15) is 8.42 Å². The maximum Gasteiger partial charge on any atom is 0.322 e. The summed E-state index contributed by atoms with van der Waals surface area (Å²) >= 11 is 0. The van der Waals surface area contributed by atoms with Gasteiger partial charge in [-0.15, -0.1) is 4.33 Å². The van der Waals surface area contributed by atoms with E-state index in [9.17, 15) is 27.6 Å². The highest BCUT2D eigenvalue weighted by Gasteiger charge is 2.35. The van der Waals surface area contributed by atoms with Crippen molar-refractivity contribution in [2.24, 2.45) is 17.6 Å². The number of benzene rings is 2. The van der Waals surface area contributed by atoms with Gasteiger partial charge < -0.3 is 21.7 Å². The number of hydrogen-bond donors (Lipinski definition) is 5. The van der Waals surface area contributed by atoms with E-state index in [1.165, 1.54) is 11.8 Å². The maximum atomic E-state index is 13.2. The number of nitrogens with two attached hydrogens (primary N) is 1. The number of anilines is 1. The van der Waals surface area contributed by atoms with Crippen molar-refractivity contribution >= 4 is 39.6 Å². The molecule has 6 N–H and O–H groups in total. The van der Waals surface area contributed by atoms with Gasteiger partial charge in [0.1, 0.15) is 0 Å². The molecule has 3 unspecified atom stereocenters. The average Bonchev–Trinajstić information content (AvgIpc) is 2.96. The summed E-state index contributed by atoms with van der Waals surface area (Å²) in [6.45, 7) is 2.35. The number of urea groups is 1. The molecular formula is C28H33N5O8S. The molecule has 0 fully saturated rings. The number of nitrogens with zero attached hydrogens (tertiary/aromatic N) is 1. The number of rotatable bonds is 12. The normalized spacial score (nSPS) is 14.3. The molecule has 1 aliphatic heterocycles. The average molecular weight is 600 g/mol. The van der Waals surface area contributed by atoms with E-state index in [2.05, 4.69) is 32.1 Å². The molecule has 0 aromatic heterocycles. The van der Waals surface area contributed by atoms with Crippen LogP contribution in [-0.2, 0) is 35.4 Å². The molecule has 0 saturated heterocycles. The van der Waals surface area contributed by atoms with E-state index in [0.717, 1.165) is 11.1 Å². The van der Waals surface area contributed by atoms with Crippen molar-refractivity contribution in [3.05, 3.63) is 65.2 Å². The molecule has 1 heterocycles. The maximum absolute atomic E-state index is 13.2. The third kappa shape index (κ3) is 8.29. The minimum Gasteiger partial charge on any atom is -0.369 e. The molecule has 0 spiro atoms. The van der Waals surface area contributed by atoms with E-state index in [4.69, 9.17) is 11.0 Å². The standard InChI is InChI=1S/C28H33N5O8S/c1-18(25(29)34)15-19(2)26(35)32-16-24(42(39,40)41-38)27(36)30-13-14-31-28(37)33-17-22-9-4-3-7-20(22)11-12-21-8-5-6-10-23(21)33/h3-10,18-19,24,38H,13-17H2,1-2H3,(H2,29,34)(H,30,36)(H,31,37)(H,32,35). The highest BCUT2D eigenvalue weighted by molar-refractivity contribution is 7.88. The SMILES string of the molecule is CC(CC(C)C(=O)NCC(C(=O)NCCNC(=O)N1Cc2ccccc2C#Cc2ccccc21)S(=O)(=O)OO)C(N)=O. The second kappa shape index (κ2) is 14.4. The minimum atomic E-state index is -4.81. The van der Waals surface area contributed by atoms with Crippen LogP contribution in [0.4, 0.5) is 10.5 Å². The van der Waals surface area contributed by atoms with Crippen LogP contribution >= 0.6 is 0 Å². The van der Waals surface area contributed by atoms with Gasteiger partial charge in [0.2, 0.25) is 17.7 Å². The van der Waals surface area contributed by atoms with Crippen molar-refractivity contribution in [1.29, 1.82) is 0 Å². The van der Waals surface area contributed by atoms with E-state index in [1.807, 2.05) is 30.3 Å². The Kier molecular flexibility index (Phi) is 11.0. The zero-order valence-corrected chi connectivity index (χ0v) is 23.9. The third-order valence-corrected chi connectivity index (χ3v) is 7.95. The number of hydrogen-bond acceptors (Lipinski definition) is 8. The highest BCUT2D eigenvalue weighted by Crippen LogP contribution is 2.25. The summed E-state index contributed by atoms with van der Waals surface area (Å²) in [6, 6.07) is 14.2. The van der Waals surface area contributed by atoms with Crippen molar-refractivity contribution in [3.63, 3.8) is 0 Å². The first-order valence-corrected chi connectivity index (χ1v) is 14.6. The van der Waals surface area contributed by atoms with Gasteiger partial charge in [0.15, 0.2) is 5.25 Å². The summed E-state index contributed by atoms with van der Waals surface area (Å²) in [4.78, 5) is 51.1. The Balaban J connectivity index is 1.60. The van der Waals surface area contributed by atoms with Crippen molar-refractivity contribution in [2.75, 3.05) is 24.5 Å². The molecule has 3 atom stereocenters. The van der Waals surface area contributed by atoms with Gasteiger partial charge in [-0.3, -0.25) is 19.3 Å². The van der Waals surface area contributed by atoms with Gasteiger partial charge >= 0.3 is 16.1 Å². The fourth-order valence-electron chi connectivity index (χ4n) is 4.23. The van der Waals surface area contributed by atoms with Crippen LogP contribution in [0, 0.1) is 23.7 Å². The van der Waals surface area contributed by atoms with E-state index in [1.54, 1.807) is 25.1 Å². The molecule has 0 bridgehead atoms. The topological polar surface area (TPSA) is 197 Å². The number of amides is 5. The van der Waals surface area contributed by atoms with Crippen LogP contribution in [0.1, 0.15) is 37.0 Å². The van der Waals surface area contributed by atoms with Gasteiger partial charge in [0.05, 0.1) is 12.2 Å². The number of fused-ring (bicyclic) bond motifs is 2. The monoisotopic (exact) mass is 599 g/mol. The number of primary amides is 1. The van der Waals surface area contributed by atoms with E-state index < -0.39 is 57.5 Å². The van der Waals surface area contributed by atoms with Crippen LogP contribution in [0.15, 0.2) is 48.5 Å².